The Hall–Kier alpha value is -1.29. The van der Waals surface area contributed by atoms with Crippen LogP contribution in [0.3, 0.4) is 0 Å². The number of aliphatic hydroxyl groups is 1. The standard InChI is InChI=1S/C17H19NOS/c1-20-15-9-7-14(8-10-15)17(19)16-12-18(16)11-13-5-3-2-4-6-13/h2-10,16-17,19H,11-12H2,1H3/t16?,17-,18?/m1/s1. The van der Waals surface area contributed by atoms with Crippen LogP contribution in [0.5, 0.6) is 0 Å². The predicted molar refractivity (Wildman–Crippen MR) is 83.8 cm³/mol. The molecule has 0 saturated carbocycles. The number of hydrogen-bond acceptors (Lipinski definition) is 3. The second-order valence-electron chi connectivity index (χ2n) is 5.20. The first-order valence-electron chi connectivity index (χ1n) is 6.88. The van der Waals surface area contributed by atoms with Gasteiger partial charge in [-0.3, -0.25) is 4.90 Å². The number of aliphatic hydroxyl groups excluding tert-OH is 1. The predicted octanol–water partition coefficient (Wildman–Crippen LogP) is 3.33. The summed E-state index contributed by atoms with van der Waals surface area (Å²) >= 11 is 1.72. The smallest absolute Gasteiger partial charge is 0.0957 e. The van der Waals surface area contributed by atoms with E-state index in [1.165, 1.54) is 10.5 Å². The van der Waals surface area contributed by atoms with Crippen molar-refractivity contribution in [2.24, 2.45) is 0 Å². The zero-order valence-electron chi connectivity index (χ0n) is 11.6. The molecule has 0 spiro atoms. The fraction of sp³-hybridized carbons (Fsp3) is 0.294. The first-order chi connectivity index (χ1) is 9.78. The van der Waals surface area contributed by atoms with Crippen LogP contribution in [0.25, 0.3) is 0 Å². The van der Waals surface area contributed by atoms with E-state index < -0.39 is 0 Å². The average molecular weight is 285 g/mol. The van der Waals surface area contributed by atoms with Crippen molar-refractivity contribution in [3.05, 3.63) is 65.7 Å². The van der Waals surface area contributed by atoms with Gasteiger partial charge in [0.15, 0.2) is 0 Å². The largest absolute Gasteiger partial charge is 0.387 e. The van der Waals surface area contributed by atoms with Gasteiger partial charge in [0.05, 0.1) is 12.1 Å². The van der Waals surface area contributed by atoms with Crippen LogP contribution < -0.4 is 0 Å². The molecule has 1 aliphatic heterocycles. The maximum absolute atomic E-state index is 10.4. The van der Waals surface area contributed by atoms with Crippen LogP contribution in [0.2, 0.25) is 0 Å². The van der Waals surface area contributed by atoms with Crippen LogP contribution in [0.15, 0.2) is 59.5 Å². The van der Waals surface area contributed by atoms with Gasteiger partial charge in [-0.05, 0) is 29.5 Å². The van der Waals surface area contributed by atoms with Crippen molar-refractivity contribution >= 4 is 11.8 Å². The van der Waals surface area contributed by atoms with Crippen LogP contribution in [0.4, 0.5) is 0 Å². The number of rotatable bonds is 5. The van der Waals surface area contributed by atoms with Crippen molar-refractivity contribution in [3.63, 3.8) is 0 Å². The van der Waals surface area contributed by atoms with Crippen LogP contribution in [-0.4, -0.2) is 28.8 Å². The summed E-state index contributed by atoms with van der Waals surface area (Å²) in [6, 6.07) is 18.9. The molecule has 0 aliphatic carbocycles. The minimum Gasteiger partial charge on any atom is -0.387 e. The second kappa shape index (κ2) is 6.00. The maximum Gasteiger partial charge on any atom is 0.0957 e. The van der Waals surface area contributed by atoms with Crippen LogP contribution in [0, 0.1) is 0 Å². The fourth-order valence-electron chi connectivity index (χ4n) is 2.52. The Morgan fingerprint density at radius 2 is 1.85 bits per heavy atom. The molecule has 3 rings (SSSR count). The average Bonchev–Trinajstić information content (AvgIpc) is 3.27. The van der Waals surface area contributed by atoms with Crippen molar-refractivity contribution < 1.29 is 5.11 Å². The first-order valence-corrected chi connectivity index (χ1v) is 8.10. The topological polar surface area (TPSA) is 23.2 Å². The summed E-state index contributed by atoms with van der Waals surface area (Å²) < 4.78 is 0. The second-order valence-corrected chi connectivity index (χ2v) is 6.08. The van der Waals surface area contributed by atoms with E-state index in [9.17, 15) is 5.11 Å². The minimum absolute atomic E-state index is 0.260. The quantitative estimate of drug-likeness (QED) is 0.673. The van der Waals surface area contributed by atoms with Crippen LogP contribution in [-0.2, 0) is 6.54 Å². The molecule has 3 heteroatoms. The summed E-state index contributed by atoms with van der Waals surface area (Å²) in [6.07, 6.45) is 1.68. The van der Waals surface area contributed by atoms with Gasteiger partial charge in [0.2, 0.25) is 0 Å². The van der Waals surface area contributed by atoms with E-state index in [1.807, 2.05) is 18.2 Å². The molecule has 104 valence electrons. The van der Waals surface area contributed by atoms with E-state index in [0.717, 1.165) is 18.7 Å². The van der Waals surface area contributed by atoms with Gasteiger partial charge < -0.3 is 5.11 Å². The summed E-state index contributed by atoms with van der Waals surface area (Å²) in [4.78, 5) is 3.54. The summed E-state index contributed by atoms with van der Waals surface area (Å²) in [7, 11) is 0. The van der Waals surface area contributed by atoms with Crippen molar-refractivity contribution in [2.75, 3.05) is 12.8 Å². The Morgan fingerprint density at radius 3 is 2.50 bits per heavy atom. The molecule has 0 aromatic heterocycles. The lowest BCUT2D eigenvalue weighted by Gasteiger charge is -2.12. The minimum atomic E-state index is -0.380. The molecule has 3 atom stereocenters. The lowest BCUT2D eigenvalue weighted by Crippen LogP contribution is -2.11. The molecule has 2 aromatic rings. The lowest BCUT2D eigenvalue weighted by molar-refractivity contribution is 0.157. The summed E-state index contributed by atoms with van der Waals surface area (Å²) in [6.45, 7) is 1.89. The number of nitrogens with zero attached hydrogens (tertiary/aromatic N) is 1. The third kappa shape index (κ3) is 3.06. The van der Waals surface area contributed by atoms with Gasteiger partial charge in [0.1, 0.15) is 0 Å². The zero-order chi connectivity index (χ0) is 13.9. The molecular formula is C17H19NOS. The Kier molecular flexibility index (Phi) is 4.10. The Labute approximate surface area is 124 Å². The third-order valence-corrected chi connectivity index (χ3v) is 4.55. The summed E-state index contributed by atoms with van der Waals surface area (Å²) in [5, 5.41) is 10.4. The molecule has 1 fully saturated rings. The highest BCUT2D eigenvalue weighted by molar-refractivity contribution is 7.98. The lowest BCUT2D eigenvalue weighted by atomic mass is 10.1. The SMILES string of the molecule is CSc1ccc([C@@H](O)C2CN2Cc2ccccc2)cc1. The third-order valence-electron chi connectivity index (χ3n) is 3.81. The molecule has 1 N–H and O–H groups in total. The highest BCUT2D eigenvalue weighted by atomic mass is 32.2. The van der Waals surface area contributed by atoms with Gasteiger partial charge in [-0.15, -0.1) is 11.8 Å². The van der Waals surface area contributed by atoms with E-state index in [0.29, 0.717) is 0 Å². The van der Waals surface area contributed by atoms with E-state index >= 15 is 0 Å². The molecular weight excluding hydrogens is 266 g/mol. The van der Waals surface area contributed by atoms with Gasteiger partial charge in [0.25, 0.3) is 0 Å². The van der Waals surface area contributed by atoms with Crippen molar-refractivity contribution in [1.29, 1.82) is 0 Å². The summed E-state index contributed by atoms with van der Waals surface area (Å²) in [5.41, 5.74) is 2.32. The molecule has 1 heterocycles. The fourth-order valence-corrected chi connectivity index (χ4v) is 2.92. The molecule has 0 amide bonds. The maximum atomic E-state index is 10.4. The molecule has 0 radical (unpaired) electrons. The van der Waals surface area contributed by atoms with Gasteiger partial charge >= 0.3 is 0 Å². The van der Waals surface area contributed by atoms with Gasteiger partial charge in [0, 0.05) is 18.0 Å². The highest BCUT2D eigenvalue weighted by Crippen LogP contribution is 2.33. The van der Waals surface area contributed by atoms with E-state index in [-0.39, 0.29) is 12.1 Å². The van der Waals surface area contributed by atoms with E-state index in [4.69, 9.17) is 0 Å². The number of thioether (sulfide) groups is 1. The monoisotopic (exact) mass is 285 g/mol. The van der Waals surface area contributed by atoms with Gasteiger partial charge in [-0.1, -0.05) is 42.5 Å². The normalized spacial score (nSPS) is 22.5. The first kappa shape index (κ1) is 13.7. The van der Waals surface area contributed by atoms with Crippen molar-refractivity contribution in [3.8, 4) is 0 Å². The number of hydrogen-bond donors (Lipinski definition) is 1. The Morgan fingerprint density at radius 1 is 1.15 bits per heavy atom. The number of benzene rings is 2. The highest BCUT2D eigenvalue weighted by Gasteiger charge is 2.40. The molecule has 2 unspecified atom stereocenters. The molecule has 1 saturated heterocycles. The van der Waals surface area contributed by atoms with E-state index in [2.05, 4.69) is 47.6 Å². The van der Waals surface area contributed by atoms with Crippen LogP contribution in [0.1, 0.15) is 17.2 Å². The molecule has 1 aliphatic rings. The molecule has 2 aromatic carbocycles. The van der Waals surface area contributed by atoms with Crippen molar-refractivity contribution in [1.82, 2.24) is 4.90 Å². The van der Waals surface area contributed by atoms with E-state index in [1.54, 1.807) is 11.8 Å². The molecule has 20 heavy (non-hydrogen) atoms. The Balaban J connectivity index is 1.60. The summed E-state index contributed by atoms with van der Waals surface area (Å²) in [5.74, 6) is 0. The van der Waals surface area contributed by atoms with Gasteiger partial charge in [-0.25, -0.2) is 0 Å². The van der Waals surface area contributed by atoms with Crippen molar-refractivity contribution in [2.45, 2.75) is 23.6 Å². The zero-order valence-corrected chi connectivity index (χ0v) is 12.4. The van der Waals surface area contributed by atoms with Gasteiger partial charge in [-0.2, -0.15) is 0 Å². The Bertz CT molecular complexity index is 555. The molecule has 0 bridgehead atoms. The molecule has 2 nitrogen and oxygen atoms in total. The van der Waals surface area contributed by atoms with Crippen LogP contribution >= 0.6 is 11.8 Å².